The number of nitrogens with zero attached hydrogens (tertiary/aromatic N) is 2. The summed E-state index contributed by atoms with van der Waals surface area (Å²) in [7, 11) is 0. The minimum Gasteiger partial charge on any atom is -0.379 e. The van der Waals surface area contributed by atoms with Gasteiger partial charge in [0.05, 0.1) is 19.8 Å². The van der Waals surface area contributed by atoms with Gasteiger partial charge < -0.3 is 15.8 Å². The Morgan fingerprint density at radius 3 is 2.59 bits per heavy atom. The first kappa shape index (κ1) is 16.8. The van der Waals surface area contributed by atoms with E-state index in [2.05, 4.69) is 55.0 Å². The van der Waals surface area contributed by atoms with Gasteiger partial charge in [-0.25, -0.2) is 0 Å². The molecule has 3 N–H and O–H groups in total. The molecule has 1 heterocycles. The van der Waals surface area contributed by atoms with Gasteiger partial charge >= 0.3 is 0 Å². The number of aliphatic imine (C=N–C) groups is 1. The third-order valence-electron chi connectivity index (χ3n) is 4.28. The number of hydrogen-bond donors (Lipinski definition) is 2. The lowest BCUT2D eigenvalue weighted by molar-refractivity contribution is -0.00680. The third kappa shape index (κ3) is 4.45. The average molecular weight is 304 g/mol. The highest BCUT2D eigenvalue weighted by Crippen LogP contribution is 2.17. The minimum absolute atomic E-state index is 0.0146. The van der Waals surface area contributed by atoms with Crippen molar-refractivity contribution < 1.29 is 4.74 Å². The highest BCUT2D eigenvalue weighted by atomic mass is 16.5. The SMILES string of the molecule is Cc1ccc(NC(N)=NCC(C)(C)N2CCOCC2)cc1C. The molecule has 0 radical (unpaired) electrons. The molecule has 122 valence electrons. The summed E-state index contributed by atoms with van der Waals surface area (Å²) in [6.45, 7) is 12.7. The predicted molar refractivity (Wildman–Crippen MR) is 92.5 cm³/mol. The lowest BCUT2D eigenvalue weighted by Crippen LogP contribution is -2.51. The lowest BCUT2D eigenvalue weighted by Gasteiger charge is -2.39. The molecule has 0 atom stereocenters. The van der Waals surface area contributed by atoms with Crippen LogP contribution in [-0.2, 0) is 4.74 Å². The summed E-state index contributed by atoms with van der Waals surface area (Å²) in [6.07, 6.45) is 0. The van der Waals surface area contributed by atoms with Gasteiger partial charge in [-0.15, -0.1) is 0 Å². The molecule has 5 heteroatoms. The summed E-state index contributed by atoms with van der Waals surface area (Å²) in [5, 5.41) is 3.17. The van der Waals surface area contributed by atoms with Crippen LogP contribution < -0.4 is 11.1 Å². The van der Waals surface area contributed by atoms with E-state index >= 15 is 0 Å². The van der Waals surface area contributed by atoms with E-state index in [-0.39, 0.29) is 5.54 Å². The number of rotatable bonds is 4. The topological polar surface area (TPSA) is 62.9 Å². The van der Waals surface area contributed by atoms with Crippen LogP contribution in [0.15, 0.2) is 23.2 Å². The number of hydrogen-bond acceptors (Lipinski definition) is 3. The molecule has 1 aliphatic heterocycles. The Labute approximate surface area is 133 Å². The van der Waals surface area contributed by atoms with Gasteiger partial charge in [0.15, 0.2) is 5.96 Å². The van der Waals surface area contributed by atoms with Crippen molar-refractivity contribution in [1.82, 2.24) is 4.90 Å². The van der Waals surface area contributed by atoms with Gasteiger partial charge in [-0.05, 0) is 51.0 Å². The van der Waals surface area contributed by atoms with Crippen LogP contribution in [0.4, 0.5) is 5.69 Å². The molecule has 0 aromatic heterocycles. The molecule has 1 saturated heterocycles. The molecule has 1 aliphatic rings. The van der Waals surface area contributed by atoms with E-state index in [0.29, 0.717) is 12.5 Å². The highest BCUT2D eigenvalue weighted by Gasteiger charge is 2.27. The molecule has 22 heavy (non-hydrogen) atoms. The average Bonchev–Trinajstić information content (AvgIpc) is 2.50. The summed E-state index contributed by atoms with van der Waals surface area (Å²) >= 11 is 0. The smallest absolute Gasteiger partial charge is 0.193 e. The second-order valence-corrected chi connectivity index (χ2v) is 6.54. The Bertz CT molecular complexity index is 533. The summed E-state index contributed by atoms with van der Waals surface area (Å²) in [6, 6.07) is 6.20. The minimum atomic E-state index is -0.0146. The van der Waals surface area contributed by atoms with Gasteiger partial charge in [-0.2, -0.15) is 0 Å². The van der Waals surface area contributed by atoms with E-state index in [1.54, 1.807) is 0 Å². The Hall–Kier alpha value is -1.59. The first-order chi connectivity index (χ1) is 10.4. The van der Waals surface area contributed by atoms with E-state index in [0.717, 1.165) is 32.0 Å². The van der Waals surface area contributed by atoms with Gasteiger partial charge in [0.25, 0.3) is 0 Å². The number of ether oxygens (including phenoxy) is 1. The molecular weight excluding hydrogens is 276 g/mol. The molecule has 5 nitrogen and oxygen atoms in total. The zero-order valence-electron chi connectivity index (χ0n) is 14.1. The maximum absolute atomic E-state index is 6.03. The van der Waals surface area contributed by atoms with Gasteiger partial charge in [-0.3, -0.25) is 9.89 Å². The van der Waals surface area contributed by atoms with Crippen LogP contribution in [0.1, 0.15) is 25.0 Å². The quantitative estimate of drug-likeness (QED) is 0.661. The van der Waals surface area contributed by atoms with Crippen molar-refractivity contribution in [2.45, 2.75) is 33.2 Å². The van der Waals surface area contributed by atoms with Gasteiger partial charge in [0, 0.05) is 24.3 Å². The predicted octanol–water partition coefficient (Wildman–Crippen LogP) is 2.14. The molecule has 0 aliphatic carbocycles. The number of benzene rings is 1. The number of nitrogens with one attached hydrogen (secondary N) is 1. The van der Waals surface area contributed by atoms with Gasteiger partial charge in [0.1, 0.15) is 0 Å². The van der Waals surface area contributed by atoms with E-state index < -0.39 is 0 Å². The molecule has 0 spiro atoms. The first-order valence-corrected chi connectivity index (χ1v) is 7.85. The zero-order chi connectivity index (χ0) is 16.2. The Morgan fingerprint density at radius 2 is 1.95 bits per heavy atom. The van der Waals surface area contributed by atoms with Crippen molar-refractivity contribution in [3.8, 4) is 0 Å². The first-order valence-electron chi connectivity index (χ1n) is 7.85. The summed E-state index contributed by atoms with van der Waals surface area (Å²) in [5.74, 6) is 0.463. The fourth-order valence-corrected chi connectivity index (χ4v) is 2.55. The van der Waals surface area contributed by atoms with Gasteiger partial charge in [-0.1, -0.05) is 6.07 Å². The molecule has 1 aromatic carbocycles. The monoisotopic (exact) mass is 304 g/mol. The second-order valence-electron chi connectivity index (χ2n) is 6.54. The van der Waals surface area contributed by atoms with E-state index in [1.165, 1.54) is 11.1 Å². The van der Waals surface area contributed by atoms with E-state index in [4.69, 9.17) is 10.5 Å². The van der Waals surface area contributed by atoms with Crippen LogP contribution in [0, 0.1) is 13.8 Å². The molecule has 0 unspecified atom stereocenters. The standard InChI is InChI=1S/C17H28N4O/c1-13-5-6-15(11-14(13)2)20-16(18)19-12-17(3,4)21-7-9-22-10-8-21/h5-6,11H,7-10,12H2,1-4H3,(H3,18,19,20). The van der Waals surface area contributed by atoms with Crippen LogP contribution >= 0.6 is 0 Å². The fourth-order valence-electron chi connectivity index (χ4n) is 2.55. The number of guanidine groups is 1. The van der Waals surface area contributed by atoms with Crippen molar-refractivity contribution >= 4 is 11.6 Å². The summed E-state index contributed by atoms with van der Waals surface area (Å²) in [4.78, 5) is 6.93. The Kier molecular flexibility index (Phi) is 5.42. The summed E-state index contributed by atoms with van der Waals surface area (Å²) < 4.78 is 5.41. The fraction of sp³-hybridized carbons (Fsp3) is 0.588. The number of aryl methyl sites for hydroxylation is 2. The van der Waals surface area contributed by atoms with Crippen molar-refractivity contribution in [2.75, 3.05) is 38.2 Å². The normalized spacial score (nSPS) is 17.5. The van der Waals surface area contributed by atoms with Crippen molar-refractivity contribution in [3.63, 3.8) is 0 Å². The Morgan fingerprint density at radius 1 is 1.27 bits per heavy atom. The van der Waals surface area contributed by atoms with E-state index in [1.807, 2.05) is 6.07 Å². The van der Waals surface area contributed by atoms with Crippen molar-refractivity contribution in [1.29, 1.82) is 0 Å². The molecule has 1 fully saturated rings. The maximum atomic E-state index is 6.03. The largest absolute Gasteiger partial charge is 0.379 e. The lowest BCUT2D eigenvalue weighted by atomic mass is 10.0. The van der Waals surface area contributed by atoms with Crippen LogP contribution in [0.3, 0.4) is 0 Å². The molecule has 2 rings (SSSR count). The molecular formula is C17H28N4O. The van der Waals surface area contributed by atoms with Crippen LogP contribution in [-0.4, -0.2) is 49.2 Å². The number of anilines is 1. The van der Waals surface area contributed by atoms with Crippen LogP contribution in [0.5, 0.6) is 0 Å². The molecule has 1 aromatic rings. The van der Waals surface area contributed by atoms with Crippen LogP contribution in [0.2, 0.25) is 0 Å². The second kappa shape index (κ2) is 7.11. The zero-order valence-corrected chi connectivity index (χ0v) is 14.1. The molecule has 0 amide bonds. The summed E-state index contributed by atoms with van der Waals surface area (Å²) in [5.41, 5.74) is 9.51. The third-order valence-corrected chi connectivity index (χ3v) is 4.28. The number of nitrogens with two attached hydrogens (primary N) is 1. The van der Waals surface area contributed by atoms with Crippen molar-refractivity contribution in [3.05, 3.63) is 29.3 Å². The van der Waals surface area contributed by atoms with E-state index in [9.17, 15) is 0 Å². The Balaban J connectivity index is 1.94. The maximum Gasteiger partial charge on any atom is 0.193 e. The van der Waals surface area contributed by atoms with Crippen LogP contribution in [0.25, 0.3) is 0 Å². The highest BCUT2D eigenvalue weighted by molar-refractivity contribution is 5.92. The van der Waals surface area contributed by atoms with Gasteiger partial charge in [0.2, 0.25) is 0 Å². The molecule has 0 saturated carbocycles. The van der Waals surface area contributed by atoms with Crippen molar-refractivity contribution in [2.24, 2.45) is 10.7 Å². The molecule has 0 bridgehead atoms. The number of morpholine rings is 1.